The van der Waals surface area contributed by atoms with Crippen LogP contribution in [0.2, 0.25) is 0 Å². The van der Waals surface area contributed by atoms with Crippen molar-refractivity contribution in [3.05, 3.63) is 53.9 Å². The fraction of sp³-hybridized carbons (Fsp3) is 0.567. The van der Waals surface area contributed by atoms with Crippen molar-refractivity contribution < 1.29 is 14.3 Å². The van der Waals surface area contributed by atoms with Gasteiger partial charge in [0.05, 0.1) is 13.2 Å². The van der Waals surface area contributed by atoms with Crippen LogP contribution in [-0.4, -0.2) is 87.1 Å². The molecule has 2 bridgehead atoms. The van der Waals surface area contributed by atoms with E-state index in [2.05, 4.69) is 64.8 Å². The first kappa shape index (κ1) is 28.8. The van der Waals surface area contributed by atoms with Gasteiger partial charge in [0, 0.05) is 76.4 Å². The number of benzene rings is 1. The molecule has 1 aromatic heterocycles. The molecule has 9 nitrogen and oxygen atoms in total. The Hall–Kier alpha value is -3.17. The third-order valence-corrected chi connectivity index (χ3v) is 7.87. The highest BCUT2D eigenvalue weighted by atomic mass is 16.5. The van der Waals surface area contributed by atoms with Crippen molar-refractivity contribution in [2.45, 2.75) is 38.8 Å². The molecule has 0 unspecified atom stereocenters. The number of ether oxygens (including phenoxy) is 1. The maximum atomic E-state index is 13.1. The summed E-state index contributed by atoms with van der Waals surface area (Å²) in [5.41, 5.74) is 3.25. The lowest BCUT2D eigenvalue weighted by atomic mass is 9.80. The fourth-order valence-corrected chi connectivity index (χ4v) is 5.42. The van der Waals surface area contributed by atoms with Gasteiger partial charge in [-0.25, -0.2) is 0 Å². The number of nitrogens with zero attached hydrogens (tertiary/aromatic N) is 4. The lowest BCUT2D eigenvalue weighted by Crippen LogP contribution is -2.47. The second kappa shape index (κ2) is 14.3. The molecule has 4 rings (SSSR count). The number of hydrogen-bond acceptors (Lipinski definition) is 7. The third-order valence-electron chi connectivity index (χ3n) is 7.87. The van der Waals surface area contributed by atoms with Crippen LogP contribution >= 0.6 is 0 Å². The largest absolute Gasteiger partial charge is 0.493 e. The van der Waals surface area contributed by atoms with Gasteiger partial charge in [-0.2, -0.15) is 0 Å². The molecule has 2 N–H and O–H groups in total. The van der Waals surface area contributed by atoms with E-state index in [0.29, 0.717) is 45.8 Å². The number of pyridine rings is 1. The Morgan fingerprint density at radius 3 is 2.74 bits per heavy atom. The van der Waals surface area contributed by atoms with Crippen LogP contribution < -0.4 is 20.3 Å². The van der Waals surface area contributed by atoms with E-state index >= 15 is 0 Å². The first-order valence-corrected chi connectivity index (χ1v) is 14.1. The zero-order valence-electron chi connectivity index (χ0n) is 23.7. The topological polar surface area (TPSA) is 90.0 Å². The minimum absolute atomic E-state index is 0.0673. The van der Waals surface area contributed by atoms with Crippen LogP contribution in [0.25, 0.3) is 0 Å². The number of fused-ring (bicyclic) bond motifs is 3. The van der Waals surface area contributed by atoms with E-state index in [-0.39, 0.29) is 23.7 Å². The van der Waals surface area contributed by atoms with Gasteiger partial charge in [0.1, 0.15) is 5.75 Å². The molecule has 2 atom stereocenters. The van der Waals surface area contributed by atoms with Crippen LogP contribution in [0.4, 0.5) is 5.69 Å². The standard InChI is InChI=1S/C30H44N6O3/c1-34(2)14-15-35(3)27-6-7-28-26(17-27)20-32-21-30(38)36-13-10-24(25(22-36)5-4-16-39-28)18-29(37)33-19-23-8-11-31-12-9-23/h6-9,11-12,17,24-25,32H,4-5,10,13-16,18-22H2,1-3H3,(H,33,37)/t24-,25-/m0/s1. The molecule has 1 aromatic carbocycles. The summed E-state index contributed by atoms with van der Waals surface area (Å²) in [5.74, 6) is 1.61. The zero-order valence-corrected chi connectivity index (χ0v) is 23.7. The maximum Gasteiger partial charge on any atom is 0.236 e. The van der Waals surface area contributed by atoms with Crippen LogP contribution in [0.5, 0.6) is 5.75 Å². The van der Waals surface area contributed by atoms with Crippen molar-refractivity contribution in [1.29, 1.82) is 0 Å². The Labute approximate surface area is 232 Å². The summed E-state index contributed by atoms with van der Waals surface area (Å²) in [6.07, 6.45) is 6.63. The molecular formula is C30H44N6O3. The van der Waals surface area contributed by atoms with Gasteiger partial charge in [-0.1, -0.05) is 0 Å². The van der Waals surface area contributed by atoms with Gasteiger partial charge in [-0.15, -0.1) is 0 Å². The molecule has 2 aliphatic heterocycles. The molecule has 0 spiro atoms. The van der Waals surface area contributed by atoms with Gasteiger partial charge in [-0.3, -0.25) is 14.6 Å². The van der Waals surface area contributed by atoms with E-state index in [1.807, 2.05) is 17.0 Å². The number of anilines is 1. The van der Waals surface area contributed by atoms with Crippen molar-refractivity contribution in [3.63, 3.8) is 0 Å². The van der Waals surface area contributed by atoms with Gasteiger partial charge < -0.3 is 30.1 Å². The van der Waals surface area contributed by atoms with E-state index in [1.54, 1.807) is 12.4 Å². The summed E-state index contributed by atoms with van der Waals surface area (Å²) in [6, 6.07) is 10.2. The summed E-state index contributed by atoms with van der Waals surface area (Å²) < 4.78 is 6.25. The predicted octanol–water partition coefficient (Wildman–Crippen LogP) is 2.51. The summed E-state index contributed by atoms with van der Waals surface area (Å²) >= 11 is 0. The number of rotatable bonds is 8. The highest BCUT2D eigenvalue weighted by Crippen LogP contribution is 2.31. The summed E-state index contributed by atoms with van der Waals surface area (Å²) in [5, 5.41) is 6.41. The van der Waals surface area contributed by atoms with E-state index in [0.717, 1.165) is 54.9 Å². The van der Waals surface area contributed by atoms with Gasteiger partial charge in [0.2, 0.25) is 11.8 Å². The molecule has 1 saturated heterocycles. The first-order valence-electron chi connectivity index (χ1n) is 14.1. The lowest BCUT2D eigenvalue weighted by Gasteiger charge is -2.38. The molecule has 2 amide bonds. The molecule has 2 aromatic rings. The smallest absolute Gasteiger partial charge is 0.236 e. The molecular weight excluding hydrogens is 492 g/mol. The molecule has 212 valence electrons. The zero-order chi connectivity index (χ0) is 27.6. The Morgan fingerprint density at radius 1 is 1.13 bits per heavy atom. The maximum absolute atomic E-state index is 13.1. The molecule has 0 aliphatic carbocycles. The monoisotopic (exact) mass is 536 g/mol. The minimum Gasteiger partial charge on any atom is -0.493 e. The van der Waals surface area contributed by atoms with E-state index in [4.69, 9.17) is 4.74 Å². The summed E-state index contributed by atoms with van der Waals surface area (Å²) in [7, 11) is 6.26. The van der Waals surface area contributed by atoms with Crippen molar-refractivity contribution in [2.75, 3.05) is 65.4 Å². The Morgan fingerprint density at radius 2 is 1.95 bits per heavy atom. The predicted molar refractivity (Wildman–Crippen MR) is 154 cm³/mol. The normalized spacial score (nSPS) is 20.2. The van der Waals surface area contributed by atoms with E-state index < -0.39 is 0 Å². The number of amides is 2. The molecule has 2 aliphatic rings. The van der Waals surface area contributed by atoms with Gasteiger partial charge in [0.15, 0.2) is 0 Å². The number of carbonyl (C=O) groups is 2. The molecule has 39 heavy (non-hydrogen) atoms. The van der Waals surface area contributed by atoms with Crippen LogP contribution in [0.1, 0.15) is 36.8 Å². The molecule has 0 saturated carbocycles. The number of likely N-dealkylation sites (N-methyl/N-ethyl adjacent to an activating group) is 2. The molecule has 0 radical (unpaired) electrons. The highest BCUT2D eigenvalue weighted by molar-refractivity contribution is 5.79. The van der Waals surface area contributed by atoms with Crippen LogP contribution in [0.3, 0.4) is 0 Å². The Bertz CT molecular complexity index is 1080. The Balaban J connectivity index is 1.37. The molecule has 9 heteroatoms. The van der Waals surface area contributed by atoms with Crippen molar-refractivity contribution >= 4 is 17.5 Å². The second-order valence-electron chi connectivity index (χ2n) is 11.1. The van der Waals surface area contributed by atoms with Crippen LogP contribution in [0.15, 0.2) is 42.7 Å². The number of aromatic nitrogens is 1. The second-order valence-corrected chi connectivity index (χ2v) is 11.1. The SMILES string of the molecule is CN(C)CCN(C)c1ccc2c(c1)CNCC(=O)N1CC[C@@H](CC(=O)NCc3ccncc3)[C@@H](CCCO2)C1. The van der Waals surface area contributed by atoms with E-state index in [1.165, 1.54) is 0 Å². The van der Waals surface area contributed by atoms with Crippen molar-refractivity contribution in [2.24, 2.45) is 11.8 Å². The summed E-state index contributed by atoms with van der Waals surface area (Å²) in [4.78, 5) is 36.3. The number of carbonyl (C=O) groups excluding carboxylic acids is 2. The van der Waals surface area contributed by atoms with Gasteiger partial charge >= 0.3 is 0 Å². The number of piperidine rings is 1. The van der Waals surface area contributed by atoms with E-state index in [9.17, 15) is 9.59 Å². The average Bonchev–Trinajstić information content (AvgIpc) is 2.95. The van der Waals surface area contributed by atoms with Gasteiger partial charge in [0.25, 0.3) is 0 Å². The highest BCUT2D eigenvalue weighted by Gasteiger charge is 2.32. The van der Waals surface area contributed by atoms with Crippen LogP contribution in [-0.2, 0) is 22.7 Å². The Kier molecular flexibility index (Phi) is 10.6. The average molecular weight is 537 g/mol. The van der Waals surface area contributed by atoms with Crippen molar-refractivity contribution in [3.8, 4) is 5.75 Å². The summed E-state index contributed by atoms with van der Waals surface area (Å²) in [6.45, 7) is 5.31. The minimum atomic E-state index is 0.0673. The fourth-order valence-electron chi connectivity index (χ4n) is 5.42. The van der Waals surface area contributed by atoms with Crippen LogP contribution in [0, 0.1) is 11.8 Å². The van der Waals surface area contributed by atoms with Crippen molar-refractivity contribution in [1.82, 2.24) is 25.4 Å². The molecule has 3 heterocycles. The number of nitrogens with one attached hydrogen (secondary N) is 2. The van der Waals surface area contributed by atoms with Gasteiger partial charge in [-0.05, 0) is 81.1 Å². The third kappa shape index (κ3) is 8.66. The lowest BCUT2D eigenvalue weighted by molar-refractivity contribution is -0.133. The number of hydrogen-bond donors (Lipinski definition) is 2. The first-order chi connectivity index (χ1) is 18.9. The molecule has 1 fully saturated rings. The quantitative estimate of drug-likeness (QED) is 0.536.